The third-order valence-corrected chi connectivity index (χ3v) is 4.24. The predicted molar refractivity (Wildman–Crippen MR) is 82.3 cm³/mol. The number of nitro groups is 1. The molecule has 0 spiro atoms. The van der Waals surface area contributed by atoms with Crippen molar-refractivity contribution in [2.75, 3.05) is 6.61 Å². The van der Waals surface area contributed by atoms with E-state index in [0.29, 0.717) is 4.34 Å². The molecule has 0 radical (unpaired) electrons. The molecule has 9 heteroatoms. The zero-order valence-corrected chi connectivity index (χ0v) is 13.2. The second kappa shape index (κ2) is 6.62. The number of carbonyl (C=O) groups excluding carboxylic acids is 1. The van der Waals surface area contributed by atoms with Crippen LogP contribution in [0.1, 0.15) is 10.4 Å². The van der Waals surface area contributed by atoms with Crippen LogP contribution >= 0.6 is 46.1 Å². The van der Waals surface area contributed by atoms with E-state index in [1.165, 1.54) is 18.2 Å². The number of ketones is 1. The summed E-state index contributed by atoms with van der Waals surface area (Å²) in [5, 5.41) is 10.9. The molecular formula is C12H6Cl3NO4S. The molecule has 0 amide bonds. The van der Waals surface area contributed by atoms with E-state index in [1.807, 2.05) is 0 Å². The minimum atomic E-state index is -0.583. The quantitative estimate of drug-likeness (QED) is 0.429. The van der Waals surface area contributed by atoms with Gasteiger partial charge in [-0.3, -0.25) is 14.9 Å². The fourth-order valence-corrected chi connectivity index (χ4v) is 3.14. The molecule has 0 aliphatic carbocycles. The summed E-state index contributed by atoms with van der Waals surface area (Å²) in [7, 11) is 0. The number of carbonyl (C=O) groups is 1. The van der Waals surface area contributed by atoms with Crippen LogP contribution in [0.2, 0.25) is 13.7 Å². The summed E-state index contributed by atoms with van der Waals surface area (Å²) in [6, 6.07) is 5.16. The lowest BCUT2D eigenvalue weighted by Gasteiger charge is -2.06. The third kappa shape index (κ3) is 3.85. The molecule has 0 saturated heterocycles. The summed E-state index contributed by atoms with van der Waals surface area (Å²) in [6.45, 7) is -0.354. The number of nitrogens with zero attached hydrogens (tertiary/aromatic N) is 1. The molecule has 2 aromatic rings. The Kier molecular flexibility index (Phi) is 5.05. The van der Waals surface area contributed by atoms with Crippen LogP contribution in [0.4, 0.5) is 5.69 Å². The molecule has 1 aromatic heterocycles. The van der Waals surface area contributed by atoms with Crippen molar-refractivity contribution in [2.45, 2.75) is 0 Å². The van der Waals surface area contributed by atoms with Gasteiger partial charge in [0.15, 0.2) is 6.61 Å². The highest BCUT2D eigenvalue weighted by molar-refractivity contribution is 7.20. The van der Waals surface area contributed by atoms with Crippen molar-refractivity contribution in [3.63, 3.8) is 0 Å². The van der Waals surface area contributed by atoms with Gasteiger partial charge in [0.2, 0.25) is 5.78 Å². The van der Waals surface area contributed by atoms with Crippen molar-refractivity contribution < 1.29 is 14.5 Å². The normalized spacial score (nSPS) is 10.4. The molecule has 0 atom stereocenters. The Morgan fingerprint density at radius 3 is 2.57 bits per heavy atom. The predicted octanol–water partition coefficient (Wildman–Crippen LogP) is 4.88. The number of thiophene rings is 1. The number of Topliss-reactive ketones (excluding diaryl/α,β-unsaturated/α-hetero) is 1. The molecule has 1 aromatic carbocycles. The number of benzene rings is 1. The van der Waals surface area contributed by atoms with Gasteiger partial charge in [0.25, 0.3) is 5.69 Å². The monoisotopic (exact) mass is 365 g/mol. The zero-order valence-electron chi connectivity index (χ0n) is 10.1. The van der Waals surface area contributed by atoms with Gasteiger partial charge in [-0.05, 0) is 12.1 Å². The van der Waals surface area contributed by atoms with Crippen molar-refractivity contribution in [2.24, 2.45) is 0 Å². The average molecular weight is 367 g/mol. The lowest BCUT2D eigenvalue weighted by Crippen LogP contribution is -2.11. The van der Waals surface area contributed by atoms with Crippen molar-refractivity contribution in [3.05, 3.63) is 53.6 Å². The van der Waals surface area contributed by atoms with Gasteiger partial charge in [-0.1, -0.05) is 34.8 Å². The van der Waals surface area contributed by atoms with E-state index < -0.39 is 10.7 Å². The number of nitro benzene ring substituents is 1. The molecule has 0 fully saturated rings. The van der Waals surface area contributed by atoms with Gasteiger partial charge in [0.05, 0.1) is 25.9 Å². The van der Waals surface area contributed by atoms with Crippen LogP contribution in [0.15, 0.2) is 24.3 Å². The lowest BCUT2D eigenvalue weighted by atomic mass is 10.2. The highest BCUT2D eigenvalue weighted by Crippen LogP contribution is 2.32. The molecule has 0 unspecified atom stereocenters. The standard InChI is InChI=1S/C12H6Cl3NO4S/c13-8-2-1-6(16(18)19)3-10(8)20-5-9(17)7-4-11(14)21-12(7)15/h1-4H,5H2. The Labute approximate surface area is 138 Å². The van der Waals surface area contributed by atoms with Crippen LogP contribution in [0.3, 0.4) is 0 Å². The number of halogens is 3. The number of non-ortho nitro benzene ring substituents is 1. The molecule has 110 valence electrons. The van der Waals surface area contributed by atoms with Gasteiger partial charge in [-0.2, -0.15) is 0 Å². The first-order valence-electron chi connectivity index (χ1n) is 5.43. The molecule has 21 heavy (non-hydrogen) atoms. The zero-order chi connectivity index (χ0) is 15.6. The Hall–Kier alpha value is -1.34. The van der Waals surface area contributed by atoms with Crippen molar-refractivity contribution >= 4 is 57.6 Å². The maximum atomic E-state index is 11.9. The summed E-state index contributed by atoms with van der Waals surface area (Å²) >= 11 is 18.5. The fraction of sp³-hybridized carbons (Fsp3) is 0.0833. The van der Waals surface area contributed by atoms with Gasteiger partial charge >= 0.3 is 0 Å². The maximum Gasteiger partial charge on any atom is 0.273 e. The fourth-order valence-electron chi connectivity index (χ4n) is 1.47. The second-order valence-corrected chi connectivity index (χ2v) is 6.51. The Bertz CT molecular complexity index is 717. The molecule has 5 nitrogen and oxygen atoms in total. The number of ether oxygens (including phenoxy) is 1. The summed E-state index contributed by atoms with van der Waals surface area (Å²) in [5.41, 5.74) is 0.0617. The van der Waals surface area contributed by atoms with E-state index in [-0.39, 0.29) is 33.0 Å². The maximum absolute atomic E-state index is 11.9. The van der Waals surface area contributed by atoms with Crippen molar-refractivity contribution in [1.29, 1.82) is 0 Å². The van der Waals surface area contributed by atoms with Crippen LogP contribution in [0.25, 0.3) is 0 Å². The van der Waals surface area contributed by atoms with Gasteiger partial charge in [0.1, 0.15) is 10.1 Å². The van der Waals surface area contributed by atoms with E-state index in [4.69, 9.17) is 39.5 Å². The summed E-state index contributed by atoms with van der Waals surface area (Å²) in [6.07, 6.45) is 0. The Balaban J connectivity index is 2.13. The Morgan fingerprint density at radius 2 is 2.00 bits per heavy atom. The van der Waals surface area contributed by atoms with Crippen molar-refractivity contribution in [3.8, 4) is 5.75 Å². The van der Waals surface area contributed by atoms with Crippen LogP contribution < -0.4 is 4.74 Å². The smallest absolute Gasteiger partial charge is 0.273 e. The summed E-state index contributed by atoms with van der Waals surface area (Å²) in [4.78, 5) is 22.0. The van der Waals surface area contributed by atoms with Crippen LogP contribution in [-0.2, 0) is 0 Å². The first-order valence-corrected chi connectivity index (χ1v) is 7.38. The summed E-state index contributed by atoms with van der Waals surface area (Å²) in [5.74, 6) is -0.345. The van der Waals surface area contributed by atoms with Gasteiger partial charge < -0.3 is 4.74 Å². The average Bonchev–Trinajstić information content (AvgIpc) is 2.76. The molecule has 2 rings (SSSR count). The van der Waals surface area contributed by atoms with E-state index in [2.05, 4.69) is 0 Å². The molecule has 1 heterocycles. The molecule has 0 aliphatic rings. The Morgan fingerprint density at radius 1 is 1.29 bits per heavy atom. The molecule has 0 saturated carbocycles. The minimum Gasteiger partial charge on any atom is -0.484 e. The lowest BCUT2D eigenvalue weighted by molar-refractivity contribution is -0.384. The van der Waals surface area contributed by atoms with Crippen LogP contribution in [-0.4, -0.2) is 17.3 Å². The van der Waals surface area contributed by atoms with Crippen LogP contribution in [0, 0.1) is 10.1 Å². The molecule has 0 aliphatic heterocycles. The highest BCUT2D eigenvalue weighted by atomic mass is 35.5. The summed E-state index contributed by atoms with van der Waals surface area (Å²) < 4.78 is 5.87. The number of rotatable bonds is 5. The second-order valence-electron chi connectivity index (χ2n) is 3.82. The molecular weight excluding hydrogens is 361 g/mol. The molecule has 0 N–H and O–H groups in total. The first kappa shape index (κ1) is 16.0. The van der Waals surface area contributed by atoms with E-state index in [9.17, 15) is 14.9 Å². The van der Waals surface area contributed by atoms with Crippen molar-refractivity contribution in [1.82, 2.24) is 0 Å². The van der Waals surface area contributed by atoms with E-state index >= 15 is 0 Å². The highest BCUT2D eigenvalue weighted by Gasteiger charge is 2.17. The van der Waals surface area contributed by atoms with Crippen LogP contribution in [0.5, 0.6) is 5.75 Å². The van der Waals surface area contributed by atoms with Gasteiger partial charge in [-0.25, -0.2) is 0 Å². The topological polar surface area (TPSA) is 69.4 Å². The van der Waals surface area contributed by atoms with Gasteiger partial charge in [-0.15, -0.1) is 11.3 Å². The first-order chi connectivity index (χ1) is 9.88. The van der Waals surface area contributed by atoms with E-state index in [0.717, 1.165) is 17.4 Å². The molecule has 0 bridgehead atoms. The minimum absolute atomic E-state index is 0.0525. The third-order valence-electron chi connectivity index (χ3n) is 2.44. The van der Waals surface area contributed by atoms with Gasteiger partial charge in [0, 0.05) is 6.07 Å². The largest absolute Gasteiger partial charge is 0.484 e. The number of hydrogen-bond donors (Lipinski definition) is 0. The SMILES string of the molecule is O=C(COc1cc([N+](=O)[O-])ccc1Cl)c1cc(Cl)sc1Cl. The van der Waals surface area contributed by atoms with E-state index in [1.54, 1.807) is 0 Å². The number of hydrogen-bond acceptors (Lipinski definition) is 5.